The first-order chi connectivity index (χ1) is 37.2. The molecule has 352 valence electrons. The Morgan fingerprint density at radius 2 is 0.800 bits per heavy atom. The highest BCUT2D eigenvalue weighted by Gasteiger charge is 2.49. The topological polar surface area (TPSA) is 32.8 Å². The number of nitrogens with zero attached hydrogens (tertiary/aromatic N) is 2. The van der Waals surface area contributed by atoms with Crippen molar-refractivity contribution in [1.82, 2.24) is 0 Å². The Bertz CT molecular complexity index is 4370. The Kier molecular flexibility index (Phi) is 9.87. The summed E-state index contributed by atoms with van der Waals surface area (Å²) in [4.78, 5) is 4.90. The zero-order valence-corrected chi connectivity index (χ0v) is 41.8. The van der Waals surface area contributed by atoms with Crippen molar-refractivity contribution in [3.05, 3.63) is 279 Å². The van der Waals surface area contributed by atoms with Gasteiger partial charge in [-0.3, -0.25) is 0 Å². The zero-order valence-electron chi connectivity index (χ0n) is 40.8. The maximum absolute atomic E-state index is 6.77. The summed E-state index contributed by atoms with van der Waals surface area (Å²) in [6, 6.07) is 102. The summed E-state index contributed by atoms with van der Waals surface area (Å²) in [7, 11) is -3.29. The smallest absolute Gasteiger partial charge is 0.184 e. The fourth-order valence-electron chi connectivity index (χ4n) is 12.1. The molecule has 14 aromatic rings. The van der Waals surface area contributed by atoms with E-state index in [9.17, 15) is 0 Å². The van der Waals surface area contributed by atoms with E-state index in [1.165, 1.54) is 53.8 Å². The summed E-state index contributed by atoms with van der Waals surface area (Å²) < 4.78 is 13.5. The molecule has 0 radical (unpaired) electrons. The predicted molar refractivity (Wildman–Crippen MR) is 316 cm³/mol. The second-order valence-electron chi connectivity index (χ2n) is 19.6. The highest BCUT2D eigenvalue weighted by atomic mass is 28.3. The van der Waals surface area contributed by atoms with Gasteiger partial charge in [0.15, 0.2) is 8.07 Å². The molecule has 15 rings (SSSR count). The Labute approximate surface area is 435 Å². The van der Waals surface area contributed by atoms with Crippen LogP contribution in [-0.2, 0) is 0 Å². The molecule has 12 aromatic carbocycles. The standard InChI is InChI=1S/C70H46N2O2Si/c1-3-16-47(17-4-1)48-30-34-52(35-31-48)71(53-36-32-50(33-37-53)58-25-15-19-49-18-7-8-22-57(49)58)54-38-43-70-64(44-54)72(51-20-5-2-6-21-51)63-26-11-14-29-69(63)75(70,55-39-41-61-59-23-9-12-27-65(59)73-67(61)45-55)56-40-42-62-60-24-10-13-28-66(60)74-68(62)46-56/h1-46H. The van der Waals surface area contributed by atoms with Crippen molar-refractivity contribution < 1.29 is 8.83 Å². The molecular weight excluding hydrogens is 929 g/mol. The van der Waals surface area contributed by atoms with Crippen LogP contribution in [0.1, 0.15) is 0 Å². The second-order valence-corrected chi connectivity index (χ2v) is 23.3. The Balaban J connectivity index is 0.995. The van der Waals surface area contributed by atoms with Crippen LogP contribution in [0.4, 0.5) is 34.1 Å². The van der Waals surface area contributed by atoms with Crippen LogP contribution in [0.3, 0.4) is 0 Å². The van der Waals surface area contributed by atoms with E-state index < -0.39 is 8.07 Å². The summed E-state index contributed by atoms with van der Waals surface area (Å²) in [6.07, 6.45) is 0. The van der Waals surface area contributed by atoms with Gasteiger partial charge in [0.05, 0.1) is 0 Å². The van der Waals surface area contributed by atoms with Crippen molar-refractivity contribution in [2.24, 2.45) is 0 Å². The van der Waals surface area contributed by atoms with Gasteiger partial charge in [0.25, 0.3) is 0 Å². The third kappa shape index (κ3) is 6.82. The van der Waals surface area contributed by atoms with Crippen LogP contribution in [0.15, 0.2) is 288 Å². The van der Waals surface area contributed by atoms with Crippen LogP contribution in [0.5, 0.6) is 0 Å². The fraction of sp³-hybridized carbons (Fsp3) is 0. The number of hydrogen-bond donors (Lipinski definition) is 0. The van der Waals surface area contributed by atoms with E-state index in [0.29, 0.717) is 0 Å². The highest BCUT2D eigenvalue weighted by molar-refractivity contribution is 7.21. The largest absolute Gasteiger partial charge is 0.456 e. The number of furan rings is 2. The minimum atomic E-state index is -3.29. The minimum Gasteiger partial charge on any atom is -0.456 e. The van der Waals surface area contributed by atoms with E-state index in [4.69, 9.17) is 8.83 Å². The number of rotatable bonds is 8. The molecule has 1 aliphatic rings. The maximum Gasteiger partial charge on any atom is 0.184 e. The Morgan fingerprint density at radius 3 is 1.47 bits per heavy atom. The second kappa shape index (κ2) is 17.2. The molecule has 0 saturated heterocycles. The molecule has 0 aliphatic carbocycles. The molecule has 2 aromatic heterocycles. The van der Waals surface area contributed by atoms with Crippen LogP contribution in [-0.4, -0.2) is 8.07 Å². The molecule has 0 N–H and O–H groups in total. The van der Waals surface area contributed by atoms with Crippen molar-refractivity contribution in [3.8, 4) is 22.3 Å². The van der Waals surface area contributed by atoms with Gasteiger partial charge in [0, 0.05) is 55.7 Å². The average Bonchev–Trinajstić information content (AvgIpc) is 4.14. The monoisotopic (exact) mass is 974 g/mol. The number of fused-ring (bicyclic) bond motifs is 9. The van der Waals surface area contributed by atoms with Gasteiger partial charge in [-0.25, -0.2) is 0 Å². The first-order valence-corrected chi connectivity index (χ1v) is 27.6. The first kappa shape index (κ1) is 42.9. The van der Waals surface area contributed by atoms with Crippen molar-refractivity contribution in [2.45, 2.75) is 0 Å². The molecule has 0 bridgehead atoms. The van der Waals surface area contributed by atoms with Crippen molar-refractivity contribution in [1.29, 1.82) is 0 Å². The SMILES string of the molecule is c1ccc(-c2ccc(N(c3ccc(-c4cccc5ccccc45)cc3)c3ccc4c(c3)N(c3ccccc3)c3ccccc3[Si]4(c3ccc4c(c3)oc3ccccc34)c3ccc4c(c3)oc3ccccc34)cc2)cc1. The molecule has 0 saturated carbocycles. The lowest BCUT2D eigenvalue weighted by Crippen LogP contribution is -2.77. The van der Waals surface area contributed by atoms with Gasteiger partial charge in [-0.1, -0.05) is 200 Å². The molecule has 0 amide bonds. The van der Waals surface area contributed by atoms with E-state index in [1.54, 1.807) is 0 Å². The third-order valence-corrected chi connectivity index (χ3v) is 20.3. The fourth-order valence-corrected chi connectivity index (χ4v) is 17.2. The van der Waals surface area contributed by atoms with Gasteiger partial charge in [-0.05, 0) is 133 Å². The van der Waals surface area contributed by atoms with Crippen molar-refractivity contribution in [2.75, 3.05) is 9.80 Å². The summed E-state index contributed by atoms with van der Waals surface area (Å²) >= 11 is 0. The van der Waals surface area contributed by atoms with Crippen LogP contribution < -0.4 is 30.5 Å². The maximum atomic E-state index is 6.77. The van der Waals surface area contributed by atoms with Gasteiger partial charge in [0.1, 0.15) is 22.3 Å². The van der Waals surface area contributed by atoms with Gasteiger partial charge >= 0.3 is 0 Å². The lowest BCUT2D eigenvalue weighted by atomic mass is 9.98. The molecule has 3 heterocycles. The number of hydrogen-bond acceptors (Lipinski definition) is 4. The minimum absolute atomic E-state index is 0.878. The predicted octanol–water partition coefficient (Wildman–Crippen LogP) is 16.6. The molecule has 0 fully saturated rings. The molecular formula is C70H46N2O2Si. The third-order valence-electron chi connectivity index (χ3n) is 15.5. The van der Waals surface area contributed by atoms with Gasteiger partial charge in [-0.2, -0.15) is 0 Å². The molecule has 5 heteroatoms. The van der Waals surface area contributed by atoms with E-state index in [1.807, 2.05) is 12.1 Å². The van der Waals surface area contributed by atoms with Crippen LogP contribution in [0.2, 0.25) is 0 Å². The van der Waals surface area contributed by atoms with E-state index in [-0.39, 0.29) is 0 Å². The Morgan fingerprint density at radius 1 is 0.307 bits per heavy atom. The van der Waals surface area contributed by atoms with Gasteiger partial charge in [-0.15, -0.1) is 0 Å². The molecule has 0 spiro atoms. The quantitative estimate of drug-likeness (QED) is 0.142. The van der Waals surface area contributed by atoms with Gasteiger partial charge in [0.2, 0.25) is 0 Å². The molecule has 1 aliphatic heterocycles. The highest BCUT2D eigenvalue weighted by Crippen LogP contribution is 2.44. The lowest BCUT2D eigenvalue weighted by molar-refractivity contribution is 0.669. The van der Waals surface area contributed by atoms with E-state index >= 15 is 0 Å². The normalized spacial score (nSPS) is 12.9. The van der Waals surface area contributed by atoms with Crippen LogP contribution in [0, 0.1) is 0 Å². The summed E-state index contributed by atoms with van der Waals surface area (Å²) in [6.45, 7) is 0. The molecule has 4 nitrogen and oxygen atoms in total. The Hall–Kier alpha value is -9.68. The molecule has 75 heavy (non-hydrogen) atoms. The van der Waals surface area contributed by atoms with Crippen molar-refractivity contribution in [3.63, 3.8) is 0 Å². The number of benzene rings is 12. The molecule has 0 unspecified atom stereocenters. The van der Waals surface area contributed by atoms with Crippen LogP contribution >= 0.6 is 0 Å². The molecule has 0 atom stereocenters. The van der Waals surface area contributed by atoms with Gasteiger partial charge < -0.3 is 18.6 Å². The first-order valence-electron chi connectivity index (χ1n) is 25.6. The van der Waals surface area contributed by atoms with E-state index in [0.717, 1.165) is 78.0 Å². The van der Waals surface area contributed by atoms with Crippen molar-refractivity contribution >= 4 is 118 Å². The zero-order chi connectivity index (χ0) is 49.5. The summed E-state index contributed by atoms with van der Waals surface area (Å²) in [5.41, 5.74) is 14.8. The number of anilines is 6. The lowest BCUT2D eigenvalue weighted by Gasteiger charge is -2.45. The average molecular weight is 975 g/mol. The van der Waals surface area contributed by atoms with E-state index in [2.05, 4.69) is 277 Å². The summed E-state index contributed by atoms with van der Waals surface area (Å²) in [5.74, 6) is 0. The number of para-hydroxylation sites is 4. The van der Waals surface area contributed by atoms with Crippen LogP contribution in [0.25, 0.3) is 76.9 Å². The summed E-state index contributed by atoms with van der Waals surface area (Å²) in [5, 5.41) is 11.9.